The second-order valence-corrected chi connectivity index (χ2v) is 8.33. The number of hydrogen-bond acceptors (Lipinski definition) is 5. The number of nitrogens with zero attached hydrogens (tertiary/aromatic N) is 4. The molecular formula is C22H29N5O. The first-order valence-corrected chi connectivity index (χ1v) is 10.2. The van der Waals surface area contributed by atoms with Gasteiger partial charge < -0.3 is 15.5 Å². The molecule has 2 fully saturated rings. The molecule has 0 radical (unpaired) electrons. The summed E-state index contributed by atoms with van der Waals surface area (Å²) in [7, 11) is 3.93. The molecule has 1 saturated carbocycles. The molecule has 2 heterocycles. The fraction of sp³-hybridized carbons (Fsp3) is 0.500. The van der Waals surface area contributed by atoms with Crippen LogP contribution < -0.4 is 10.6 Å². The molecule has 28 heavy (non-hydrogen) atoms. The van der Waals surface area contributed by atoms with Gasteiger partial charge in [0.05, 0.1) is 5.69 Å². The summed E-state index contributed by atoms with van der Waals surface area (Å²) in [5, 5.41) is 0. The molecule has 0 unspecified atom stereocenters. The van der Waals surface area contributed by atoms with E-state index in [4.69, 9.17) is 10.7 Å². The van der Waals surface area contributed by atoms with E-state index in [0.717, 1.165) is 54.6 Å². The summed E-state index contributed by atoms with van der Waals surface area (Å²) in [6.45, 7) is 3.51. The first-order valence-electron chi connectivity index (χ1n) is 10.2. The van der Waals surface area contributed by atoms with Crippen molar-refractivity contribution >= 4 is 11.9 Å². The van der Waals surface area contributed by atoms with Crippen molar-refractivity contribution in [3.63, 3.8) is 0 Å². The van der Waals surface area contributed by atoms with Crippen LogP contribution in [-0.4, -0.2) is 54.5 Å². The maximum absolute atomic E-state index is 11.6. The monoisotopic (exact) mass is 379 g/mol. The van der Waals surface area contributed by atoms with Gasteiger partial charge in [-0.05, 0) is 62.4 Å². The second kappa shape index (κ2) is 7.87. The van der Waals surface area contributed by atoms with Gasteiger partial charge in [-0.2, -0.15) is 0 Å². The van der Waals surface area contributed by atoms with E-state index in [1.165, 1.54) is 19.4 Å². The predicted octanol–water partition coefficient (Wildman–Crippen LogP) is 2.90. The lowest BCUT2D eigenvalue weighted by Crippen LogP contribution is -2.34. The zero-order valence-electron chi connectivity index (χ0n) is 16.8. The summed E-state index contributed by atoms with van der Waals surface area (Å²) in [6, 6.07) is 7.47. The van der Waals surface area contributed by atoms with Crippen LogP contribution in [0.5, 0.6) is 0 Å². The molecule has 0 bridgehead atoms. The second-order valence-electron chi connectivity index (χ2n) is 8.33. The van der Waals surface area contributed by atoms with Gasteiger partial charge in [-0.1, -0.05) is 12.1 Å². The standard InChI is InChI=1S/C22H29N5O/c1-26(2)22-24-13-19(17-4-3-5-18(12-17)21(23)28)20(25-22)16-8-10-27(11-9-16)14-15-6-7-15/h3-5,12-13,15-16H,6-11,14H2,1-2H3,(H2,23,28). The number of primary amides is 1. The third-order valence-corrected chi connectivity index (χ3v) is 5.85. The highest BCUT2D eigenvalue weighted by molar-refractivity contribution is 5.94. The summed E-state index contributed by atoms with van der Waals surface area (Å²) in [4.78, 5) is 25.6. The van der Waals surface area contributed by atoms with Crippen molar-refractivity contribution in [2.75, 3.05) is 38.6 Å². The molecule has 4 rings (SSSR count). The van der Waals surface area contributed by atoms with Gasteiger partial charge in [-0.15, -0.1) is 0 Å². The molecule has 0 spiro atoms. The Morgan fingerprint density at radius 1 is 1.21 bits per heavy atom. The number of amides is 1. The zero-order chi connectivity index (χ0) is 19.7. The van der Waals surface area contributed by atoms with Crippen LogP contribution in [0.1, 0.15) is 47.7 Å². The van der Waals surface area contributed by atoms with Crippen LogP contribution >= 0.6 is 0 Å². The summed E-state index contributed by atoms with van der Waals surface area (Å²) >= 11 is 0. The Labute approximate surface area is 166 Å². The van der Waals surface area contributed by atoms with E-state index < -0.39 is 5.91 Å². The quantitative estimate of drug-likeness (QED) is 0.835. The van der Waals surface area contributed by atoms with Crippen molar-refractivity contribution in [3.05, 3.63) is 41.7 Å². The molecule has 0 atom stereocenters. The molecule has 6 heteroatoms. The fourth-order valence-electron chi connectivity index (χ4n) is 4.03. The van der Waals surface area contributed by atoms with Crippen molar-refractivity contribution in [2.24, 2.45) is 11.7 Å². The molecule has 148 valence electrons. The molecule has 1 aromatic heterocycles. The van der Waals surface area contributed by atoms with Gasteiger partial charge in [0.25, 0.3) is 0 Å². The highest BCUT2D eigenvalue weighted by Gasteiger charge is 2.29. The molecule has 1 aliphatic heterocycles. The van der Waals surface area contributed by atoms with E-state index in [-0.39, 0.29) is 0 Å². The fourth-order valence-corrected chi connectivity index (χ4v) is 4.03. The Balaban J connectivity index is 1.63. The highest BCUT2D eigenvalue weighted by atomic mass is 16.1. The Hall–Kier alpha value is -2.47. The van der Waals surface area contributed by atoms with E-state index in [2.05, 4.69) is 9.88 Å². The number of carbonyl (C=O) groups is 1. The SMILES string of the molecule is CN(C)c1ncc(-c2cccc(C(N)=O)c2)c(C2CCN(CC3CC3)CC2)n1. The van der Waals surface area contributed by atoms with Crippen molar-refractivity contribution in [1.82, 2.24) is 14.9 Å². The molecule has 6 nitrogen and oxygen atoms in total. The Morgan fingerprint density at radius 2 is 1.96 bits per heavy atom. The van der Waals surface area contributed by atoms with Gasteiger partial charge in [0.15, 0.2) is 0 Å². The summed E-state index contributed by atoms with van der Waals surface area (Å²) in [6.07, 6.45) is 6.92. The summed E-state index contributed by atoms with van der Waals surface area (Å²) < 4.78 is 0. The molecule has 1 aliphatic carbocycles. The number of rotatable bonds is 6. The molecule has 1 aromatic carbocycles. The van der Waals surface area contributed by atoms with Gasteiger partial charge >= 0.3 is 0 Å². The third kappa shape index (κ3) is 4.17. The minimum absolute atomic E-state index is 0.407. The van der Waals surface area contributed by atoms with E-state index >= 15 is 0 Å². The first kappa shape index (κ1) is 18.9. The van der Waals surface area contributed by atoms with Crippen LogP contribution in [0, 0.1) is 5.92 Å². The largest absolute Gasteiger partial charge is 0.366 e. The first-order chi connectivity index (χ1) is 13.5. The minimum atomic E-state index is -0.414. The number of benzene rings is 1. The normalized spacial score (nSPS) is 18.2. The molecule has 1 amide bonds. The highest BCUT2D eigenvalue weighted by Crippen LogP contribution is 2.36. The van der Waals surface area contributed by atoms with Gasteiger partial charge in [0, 0.05) is 43.9 Å². The predicted molar refractivity (Wildman–Crippen MR) is 111 cm³/mol. The van der Waals surface area contributed by atoms with Crippen LogP contribution in [0.4, 0.5) is 5.95 Å². The molecule has 1 saturated heterocycles. The summed E-state index contributed by atoms with van der Waals surface area (Å²) in [5.74, 6) is 1.65. The number of anilines is 1. The average Bonchev–Trinajstić information content (AvgIpc) is 3.52. The van der Waals surface area contributed by atoms with Gasteiger partial charge in [0.2, 0.25) is 11.9 Å². The number of carbonyl (C=O) groups excluding carboxylic acids is 1. The maximum Gasteiger partial charge on any atom is 0.248 e. The van der Waals surface area contributed by atoms with Gasteiger partial charge in [-0.25, -0.2) is 9.97 Å². The molecular weight excluding hydrogens is 350 g/mol. The van der Waals surface area contributed by atoms with E-state index in [1.54, 1.807) is 6.07 Å². The topological polar surface area (TPSA) is 75.4 Å². The van der Waals surface area contributed by atoms with Crippen molar-refractivity contribution in [3.8, 4) is 11.1 Å². The lowest BCUT2D eigenvalue weighted by Gasteiger charge is -2.32. The Kier molecular flexibility index (Phi) is 5.31. The smallest absolute Gasteiger partial charge is 0.248 e. The van der Waals surface area contributed by atoms with E-state index in [9.17, 15) is 4.79 Å². The van der Waals surface area contributed by atoms with Crippen molar-refractivity contribution in [1.29, 1.82) is 0 Å². The van der Waals surface area contributed by atoms with E-state index in [0.29, 0.717) is 11.5 Å². The number of piperidine rings is 1. The third-order valence-electron chi connectivity index (χ3n) is 5.85. The molecule has 2 N–H and O–H groups in total. The minimum Gasteiger partial charge on any atom is -0.366 e. The van der Waals surface area contributed by atoms with Crippen molar-refractivity contribution in [2.45, 2.75) is 31.6 Å². The van der Waals surface area contributed by atoms with Crippen LogP contribution in [0.15, 0.2) is 30.5 Å². The van der Waals surface area contributed by atoms with Gasteiger partial charge in [-0.3, -0.25) is 4.79 Å². The lowest BCUT2D eigenvalue weighted by atomic mass is 9.88. The summed E-state index contributed by atoms with van der Waals surface area (Å²) in [5.41, 5.74) is 9.05. The lowest BCUT2D eigenvalue weighted by molar-refractivity contribution is 0.100. The van der Waals surface area contributed by atoms with Crippen molar-refractivity contribution < 1.29 is 4.79 Å². The van der Waals surface area contributed by atoms with Crippen LogP contribution in [0.25, 0.3) is 11.1 Å². The number of nitrogens with two attached hydrogens (primary N) is 1. The van der Waals surface area contributed by atoms with Crippen LogP contribution in [0.3, 0.4) is 0 Å². The van der Waals surface area contributed by atoms with E-state index in [1.807, 2.05) is 43.4 Å². The molecule has 2 aliphatic rings. The number of hydrogen-bond donors (Lipinski definition) is 1. The van der Waals surface area contributed by atoms with Gasteiger partial charge in [0.1, 0.15) is 0 Å². The number of likely N-dealkylation sites (tertiary alicyclic amines) is 1. The zero-order valence-corrected chi connectivity index (χ0v) is 16.8. The molecule has 2 aromatic rings. The number of aromatic nitrogens is 2. The Bertz CT molecular complexity index is 854. The average molecular weight is 380 g/mol. The van der Waals surface area contributed by atoms with Crippen LogP contribution in [-0.2, 0) is 0 Å². The Morgan fingerprint density at radius 3 is 2.61 bits per heavy atom. The maximum atomic E-state index is 11.6. The van der Waals surface area contributed by atoms with Crippen LogP contribution in [0.2, 0.25) is 0 Å².